The van der Waals surface area contributed by atoms with Crippen LogP contribution in [0.1, 0.15) is 22.5 Å². The molecule has 0 unspecified atom stereocenters. The molecule has 0 spiro atoms. The number of aromatic nitrogens is 4. The third kappa shape index (κ3) is 4.17. The first-order valence-corrected chi connectivity index (χ1v) is 7.90. The first kappa shape index (κ1) is 17.4. The number of halogens is 4. The minimum absolute atomic E-state index is 0.115. The molecule has 25 heavy (non-hydrogen) atoms. The summed E-state index contributed by atoms with van der Waals surface area (Å²) in [6.45, 7) is 2.02. The van der Waals surface area contributed by atoms with Crippen molar-refractivity contribution in [3.63, 3.8) is 0 Å². The van der Waals surface area contributed by atoms with Crippen molar-refractivity contribution in [2.45, 2.75) is 25.9 Å². The minimum atomic E-state index is -4.49. The number of nitrogens with zero attached hydrogens (tertiary/aromatic N) is 4. The summed E-state index contributed by atoms with van der Waals surface area (Å²) in [5, 5.41) is 4.11. The molecule has 130 valence electrons. The van der Waals surface area contributed by atoms with Gasteiger partial charge in [-0.2, -0.15) is 13.2 Å². The Labute approximate surface area is 147 Å². The van der Waals surface area contributed by atoms with E-state index < -0.39 is 11.7 Å². The van der Waals surface area contributed by atoms with Gasteiger partial charge in [-0.15, -0.1) is 5.10 Å². The van der Waals surface area contributed by atoms with Crippen LogP contribution in [0.5, 0.6) is 0 Å². The first-order chi connectivity index (χ1) is 11.8. The summed E-state index contributed by atoms with van der Waals surface area (Å²) in [5.41, 5.74) is 1.45. The molecule has 4 nitrogen and oxygen atoms in total. The van der Waals surface area contributed by atoms with E-state index in [9.17, 15) is 13.2 Å². The minimum Gasteiger partial charge on any atom is -0.235 e. The highest BCUT2D eigenvalue weighted by molar-refractivity contribution is 6.32. The van der Waals surface area contributed by atoms with Crippen LogP contribution in [0.3, 0.4) is 0 Å². The van der Waals surface area contributed by atoms with Crippen molar-refractivity contribution in [2.24, 2.45) is 0 Å². The topological polar surface area (TPSA) is 43.6 Å². The Morgan fingerprint density at radius 2 is 1.80 bits per heavy atom. The van der Waals surface area contributed by atoms with Gasteiger partial charge in [0, 0.05) is 12.6 Å². The lowest BCUT2D eigenvalue weighted by Gasteiger charge is -2.08. The zero-order valence-corrected chi connectivity index (χ0v) is 14.0. The average Bonchev–Trinajstić information content (AvgIpc) is 3.02. The smallest absolute Gasteiger partial charge is 0.235 e. The number of alkyl halides is 3. The molecule has 2 aromatic heterocycles. The van der Waals surface area contributed by atoms with E-state index in [1.807, 2.05) is 31.2 Å². The molecule has 0 radical (unpaired) electrons. The van der Waals surface area contributed by atoms with Crippen molar-refractivity contribution in [3.05, 3.63) is 70.4 Å². The fourth-order valence-corrected chi connectivity index (χ4v) is 2.53. The van der Waals surface area contributed by atoms with Crippen LogP contribution in [-0.2, 0) is 19.0 Å². The van der Waals surface area contributed by atoms with Crippen molar-refractivity contribution in [1.82, 2.24) is 19.7 Å². The van der Waals surface area contributed by atoms with Crippen LogP contribution in [-0.4, -0.2) is 19.7 Å². The first-order valence-electron chi connectivity index (χ1n) is 7.52. The van der Waals surface area contributed by atoms with E-state index >= 15 is 0 Å². The molecular formula is C17H14ClF3N4. The maximum Gasteiger partial charge on any atom is 0.417 e. The summed E-state index contributed by atoms with van der Waals surface area (Å²) >= 11 is 5.92. The van der Waals surface area contributed by atoms with Gasteiger partial charge in [0.2, 0.25) is 0 Å². The molecule has 0 aliphatic carbocycles. The Balaban J connectivity index is 1.74. The van der Waals surface area contributed by atoms with Crippen molar-refractivity contribution >= 4 is 11.6 Å². The SMILES string of the molecule is Cc1ccc(CCc2ncn(-c3ncc(C(F)(F)F)cc3Cl)n2)cc1. The molecule has 0 amide bonds. The molecule has 0 N–H and O–H groups in total. The zero-order chi connectivity index (χ0) is 18.0. The second-order valence-corrected chi connectivity index (χ2v) is 6.03. The van der Waals surface area contributed by atoms with E-state index in [1.165, 1.54) is 16.6 Å². The third-order valence-electron chi connectivity index (χ3n) is 3.66. The lowest BCUT2D eigenvalue weighted by molar-refractivity contribution is -0.137. The van der Waals surface area contributed by atoms with Gasteiger partial charge in [0.15, 0.2) is 11.6 Å². The fourth-order valence-electron chi connectivity index (χ4n) is 2.28. The van der Waals surface area contributed by atoms with Gasteiger partial charge in [-0.3, -0.25) is 0 Å². The largest absolute Gasteiger partial charge is 0.417 e. The Bertz CT molecular complexity index is 872. The van der Waals surface area contributed by atoms with E-state index in [4.69, 9.17) is 11.6 Å². The number of benzene rings is 1. The van der Waals surface area contributed by atoms with Gasteiger partial charge in [-0.1, -0.05) is 41.4 Å². The quantitative estimate of drug-likeness (QED) is 0.686. The Kier molecular flexibility index (Phi) is 4.76. The predicted octanol–water partition coefficient (Wildman–Crippen LogP) is 4.43. The molecule has 0 atom stereocenters. The molecule has 8 heteroatoms. The van der Waals surface area contributed by atoms with Crippen LogP contribution in [0.15, 0.2) is 42.9 Å². The molecule has 0 fully saturated rings. The van der Waals surface area contributed by atoms with Crippen LogP contribution in [0.2, 0.25) is 5.02 Å². The van der Waals surface area contributed by atoms with Gasteiger partial charge < -0.3 is 0 Å². The molecule has 0 saturated heterocycles. The Hall–Kier alpha value is -2.41. The zero-order valence-electron chi connectivity index (χ0n) is 13.3. The molecule has 3 rings (SSSR count). The van der Waals surface area contributed by atoms with Crippen LogP contribution in [0, 0.1) is 6.92 Å². The van der Waals surface area contributed by atoms with Crippen molar-refractivity contribution in [3.8, 4) is 5.82 Å². The Morgan fingerprint density at radius 1 is 1.08 bits per heavy atom. The number of hydrogen-bond acceptors (Lipinski definition) is 3. The maximum absolute atomic E-state index is 12.7. The summed E-state index contributed by atoms with van der Waals surface area (Å²) in [6.07, 6.45) is -0.996. The van der Waals surface area contributed by atoms with Gasteiger partial charge >= 0.3 is 6.18 Å². The van der Waals surface area contributed by atoms with Gasteiger partial charge in [-0.25, -0.2) is 14.6 Å². The Morgan fingerprint density at radius 3 is 2.44 bits per heavy atom. The highest BCUT2D eigenvalue weighted by Crippen LogP contribution is 2.31. The van der Waals surface area contributed by atoms with E-state index in [0.29, 0.717) is 12.2 Å². The predicted molar refractivity (Wildman–Crippen MR) is 87.8 cm³/mol. The van der Waals surface area contributed by atoms with E-state index in [0.717, 1.165) is 24.2 Å². The van der Waals surface area contributed by atoms with Gasteiger partial charge in [0.05, 0.1) is 10.6 Å². The lowest BCUT2D eigenvalue weighted by Crippen LogP contribution is -2.08. The second-order valence-electron chi connectivity index (χ2n) is 5.62. The molecular weight excluding hydrogens is 353 g/mol. The summed E-state index contributed by atoms with van der Waals surface area (Å²) in [4.78, 5) is 7.93. The van der Waals surface area contributed by atoms with E-state index in [2.05, 4.69) is 15.1 Å². The van der Waals surface area contributed by atoms with E-state index in [-0.39, 0.29) is 10.8 Å². The molecule has 3 aromatic rings. The highest BCUT2D eigenvalue weighted by Gasteiger charge is 2.31. The average molecular weight is 367 g/mol. The number of hydrogen-bond donors (Lipinski definition) is 0. The van der Waals surface area contributed by atoms with Gasteiger partial charge in [0.1, 0.15) is 6.33 Å². The molecule has 0 aliphatic rings. The van der Waals surface area contributed by atoms with Crippen LogP contribution < -0.4 is 0 Å². The molecule has 0 bridgehead atoms. The molecule has 0 saturated carbocycles. The highest BCUT2D eigenvalue weighted by atomic mass is 35.5. The standard InChI is InChI=1S/C17H14ClF3N4/c1-11-2-4-12(5-3-11)6-7-15-23-10-25(24-15)16-14(18)8-13(9-22-16)17(19,20)21/h2-5,8-10H,6-7H2,1H3. The summed E-state index contributed by atoms with van der Waals surface area (Å²) in [6, 6.07) is 8.99. The summed E-state index contributed by atoms with van der Waals surface area (Å²) < 4.78 is 39.3. The van der Waals surface area contributed by atoms with E-state index in [1.54, 1.807) is 0 Å². The molecule has 0 aliphatic heterocycles. The van der Waals surface area contributed by atoms with Gasteiger partial charge in [-0.05, 0) is 25.0 Å². The lowest BCUT2D eigenvalue weighted by atomic mass is 10.1. The third-order valence-corrected chi connectivity index (χ3v) is 3.94. The van der Waals surface area contributed by atoms with Gasteiger partial charge in [0.25, 0.3) is 0 Å². The van der Waals surface area contributed by atoms with Crippen LogP contribution >= 0.6 is 11.6 Å². The maximum atomic E-state index is 12.7. The number of pyridine rings is 1. The van der Waals surface area contributed by atoms with Crippen molar-refractivity contribution in [1.29, 1.82) is 0 Å². The molecule has 1 aromatic carbocycles. The van der Waals surface area contributed by atoms with Crippen LogP contribution in [0.4, 0.5) is 13.2 Å². The number of aryl methyl sites for hydroxylation is 3. The monoisotopic (exact) mass is 366 g/mol. The van der Waals surface area contributed by atoms with Crippen LogP contribution in [0.25, 0.3) is 5.82 Å². The second kappa shape index (κ2) is 6.84. The normalized spacial score (nSPS) is 11.7. The van der Waals surface area contributed by atoms with Crippen molar-refractivity contribution in [2.75, 3.05) is 0 Å². The fraction of sp³-hybridized carbons (Fsp3) is 0.235. The molecule has 2 heterocycles. The summed E-state index contributed by atoms with van der Waals surface area (Å²) in [5.74, 6) is 0.682. The summed E-state index contributed by atoms with van der Waals surface area (Å²) in [7, 11) is 0. The number of rotatable bonds is 4. The van der Waals surface area contributed by atoms with Crippen molar-refractivity contribution < 1.29 is 13.2 Å².